The summed E-state index contributed by atoms with van der Waals surface area (Å²) in [5.74, 6) is -0.918. The Balaban J connectivity index is 2.99. The van der Waals surface area contributed by atoms with Gasteiger partial charge in [0, 0.05) is 0 Å². The molecule has 1 fully saturated rings. The SMILES string of the molecule is CCOC(=O)C(C(C)C)C(C(=O)OCC)C1CCCCC1. The average Bonchev–Trinajstić information content (AvgIpc) is 2.45. The van der Waals surface area contributed by atoms with Gasteiger partial charge in [-0.1, -0.05) is 33.1 Å². The zero-order valence-electron chi connectivity index (χ0n) is 13.9. The Labute approximate surface area is 128 Å². The van der Waals surface area contributed by atoms with Crippen molar-refractivity contribution in [3.05, 3.63) is 0 Å². The first-order valence-corrected chi connectivity index (χ1v) is 8.36. The third-order valence-electron chi connectivity index (χ3n) is 4.38. The molecule has 21 heavy (non-hydrogen) atoms. The predicted octanol–water partition coefficient (Wildman–Crippen LogP) is 3.58. The summed E-state index contributed by atoms with van der Waals surface area (Å²) in [6.07, 6.45) is 5.50. The van der Waals surface area contributed by atoms with Crippen LogP contribution in [-0.4, -0.2) is 25.2 Å². The maximum Gasteiger partial charge on any atom is 0.310 e. The molecule has 0 saturated heterocycles. The molecule has 0 heterocycles. The quantitative estimate of drug-likeness (QED) is 0.674. The van der Waals surface area contributed by atoms with Gasteiger partial charge in [-0.05, 0) is 38.5 Å². The Kier molecular flexibility index (Phi) is 7.76. The van der Waals surface area contributed by atoms with Crippen molar-refractivity contribution in [1.29, 1.82) is 0 Å². The number of ether oxygens (including phenoxy) is 2. The number of rotatable bonds is 7. The van der Waals surface area contributed by atoms with Gasteiger partial charge < -0.3 is 9.47 Å². The summed E-state index contributed by atoms with van der Waals surface area (Å²) < 4.78 is 10.5. The second-order valence-corrected chi connectivity index (χ2v) is 6.20. The molecule has 0 bridgehead atoms. The van der Waals surface area contributed by atoms with Gasteiger partial charge >= 0.3 is 11.9 Å². The molecule has 2 atom stereocenters. The maximum absolute atomic E-state index is 12.5. The highest BCUT2D eigenvalue weighted by Gasteiger charge is 2.43. The number of hydrogen-bond acceptors (Lipinski definition) is 4. The molecule has 0 spiro atoms. The summed E-state index contributed by atoms with van der Waals surface area (Å²) in [7, 11) is 0. The second-order valence-electron chi connectivity index (χ2n) is 6.20. The fourth-order valence-electron chi connectivity index (χ4n) is 3.44. The van der Waals surface area contributed by atoms with Crippen LogP contribution >= 0.6 is 0 Å². The van der Waals surface area contributed by atoms with Gasteiger partial charge in [0.2, 0.25) is 0 Å². The van der Waals surface area contributed by atoms with E-state index in [1.54, 1.807) is 6.92 Å². The van der Waals surface area contributed by atoms with Crippen LogP contribution in [0.5, 0.6) is 0 Å². The number of carbonyl (C=O) groups excluding carboxylic acids is 2. The standard InChI is InChI=1S/C17H30O4/c1-5-20-16(18)14(12(3)4)15(17(19)21-6-2)13-10-8-7-9-11-13/h12-15H,5-11H2,1-4H3. The molecular weight excluding hydrogens is 268 g/mol. The maximum atomic E-state index is 12.5. The Hall–Kier alpha value is -1.06. The summed E-state index contributed by atoms with van der Waals surface area (Å²) in [6.45, 7) is 8.28. The normalized spacial score (nSPS) is 19.1. The van der Waals surface area contributed by atoms with E-state index in [1.165, 1.54) is 6.42 Å². The van der Waals surface area contributed by atoms with Crippen LogP contribution in [0.2, 0.25) is 0 Å². The Morgan fingerprint density at radius 2 is 1.48 bits per heavy atom. The second kappa shape index (κ2) is 9.06. The number of esters is 2. The minimum atomic E-state index is -0.396. The van der Waals surface area contributed by atoms with Gasteiger partial charge in [-0.25, -0.2) is 0 Å². The molecule has 0 aromatic heterocycles. The number of carbonyl (C=O) groups is 2. The Morgan fingerprint density at radius 1 is 0.952 bits per heavy atom. The molecule has 0 N–H and O–H groups in total. The zero-order valence-corrected chi connectivity index (χ0v) is 13.9. The summed E-state index contributed by atoms with van der Waals surface area (Å²) in [5, 5.41) is 0. The molecule has 122 valence electrons. The molecular formula is C17H30O4. The average molecular weight is 298 g/mol. The minimum Gasteiger partial charge on any atom is -0.466 e. The summed E-state index contributed by atoms with van der Waals surface area (Å²) in [5.41, 5.74) is 0. The van der Waals surface area contributed by atoms with E-state index in [4.69, 9.17) is 9.47 Å². The molecule has 0 aromatic rings. The van der Waals surface area contributed by atoms with Gasteiger partial charge in [-0.15, -0.1) is 0 Å². The molecule has 2 unspecified atom stereocenters. The highest BCUT2D eigenvalue weighted by Crippen LogP contribution is 2.38. The first kappa shape index (κ1) is 18.0. The topological polar surface area (TPSA) is 52.6 Å². The van der Waals surface area contributed by atoms with Crippen molar-refractivity contribution in [3.63, 3.8) is 0 Å². The van der Waals surface area contributed by atoms with Crippen LogP contribution in [0.3, 0.4) is 0 Å². The van der Waals surface area contributed by atoms with Crippen molar-refractivity contribution < 1.29 is 19.1 Å². The van der Waals surface area contributed by atoms with Crippen molar-refractivity contribution in [2.45, 2.75) is 59.8 Å². The van der Waals surface area contributed by atoms with Crippen LogP contribution in [0.1, 0.15) is 59.8 Å². The van der Waals surface area contributed by atoms with Crippen LogP contribution in [-0.2, 0) is 19.1 Å². The number of hydrogen-bond donors (Lipinski definition) is 0. The smallest absolute Gasteiger partial charge is 0.310 e. The largest absolute Gasteiger partial charge is 0.466 e. The van der Waals surface area contributed by atoms with E-state index < -0.39 is 5.92 Å². The van der Waals surface area contributed by atoms with Gasteiger partial charge in [0.15, 0.2) is 0 Å². The van der Waals surface area contributed by atoms with Gasteiger partial charge in [0.25, 0.3) is 0 Å². The Bertz CT molecular complexity index is 332. The molecule has 1 saturated carbocycles. The van der Waals surface area contributed by atoms with Crippen LogP contribution < -0.4 is 0 Å². The molecule has 0 aromatic carbocycles. The lowest BCUT2D eigenvalue weighted by atomic mass is 9.70. The van der Waals surface area contributed by atoms with E-state index >= 15 is 0 Å². The lowest BCUT2D eigenvalue weighted by Gasteiger charge is -2.34. The van der Waals surface area contributed by atoms with Gasteiger partial charge in [0.1, 0.15) is 0 Å². The Morgan fingerprint density at radius 3 is 1.95 bits per heavy atom. The van der Waals surface area contributed by atoms with Gasteiger partial charge in [0.05, 0.1) is 25.0 Å². The highest BCUT2D eigenvalue weighted by molar-refractivity contribution is 5.82. The van der Waals surface area contributed by atoms with Gasteiger partial charge in [-0.2, -0.15) is 0 Å². The fraction of sp³-hybridized carbons (Fsp3) is 0.882. The van der Waals surface area contributed by atoms with E-state index in [0.29, 0.717) is 13.2 Å². The van der Waals surface area contributed by atoms with E-state index in [2.05, 4.69) is 0 Å². The van der Waals surface area contributed by atoms with Crippen molar-refractivity contribution >= 4 is 11.9 Å². The third kappa shape index (κ3) is 5.01. The molecule has 0 amide bonds. The third-order valence-corrected chi connectivity index (χ3v) is 4.38. The van der Waals surface area contributed by atoms with Crippen molar-refractivity contribution in [2.24, 2.45) is 23.7 Å². The fourth-order valence-corrected chi connectivity index (χ4v) is 3.44. The summed E-state index contributed by atoms with van der Waals surface area (Å²) >= 11 is 0. The van der Waals surface area contributed by atoms with Crippen molar-refractivity contribution in [2.75, 3.05) is 13.2 Å². The van der Waals surface area contributed by atoms with Crippen molar-refractivity contribution in [1.82, 2.24) is 0 Å². The van der Waals surface area contributed by atoms with E-state index in [1.807, 2.05) is 20.8 Å². The van der Waals surface area contributed by atoms with Gasteiger partial charge in [-0.3, -0.25) is 9.59 Å². The van der Waals surface area contributed by atoms with Crippen LogP contribution in [0.25, 0.3) is 0 Å². The monoisotopic (exact) mass is 298 g/mol. The predicted molar refractivity (Wildman–Crippen MR) is 81.7 cm³/mol. The molecule has 1 aliphatic carbocycles. The van der Waals surface area contributed by atoms with Crippen LogP contribution in [0, 0.1) is 23.7 Å². The van der Waals surface area contributed by atoms with E-state index in [-0.39, 0.29) is 29.7 Å². The highest BCUT2D eigenvalue weighted by atomic mass is 16.5. The van der Waals surface area contributed by atoms with E-state index in [0.717, 1.165) is 25.7 Å². The minimum absolute atomic E-state index is 0.0698. The van der Waals surface area contributed by atoms with Crippen LogP contribution in [0.4, 0.5) is 0 Å². The van der Waals surface area contributed by atoms with Crippen LogP contribution in [0.15, 0.2) is 0 Å². The molecule has 0 radical (unpaired) electrons. The molecule has 4 heteroatoms. The summed E-state index contributed by atoms with van der Waals surface area (Å²) in [6, 6.07) is 0. The van der Waals surface area contributed by atoms with Crippen molar-refractivity contribution in [3.8, 4) is 0 Å². The molecule has 0 aliphatic heterocycles. The lowest BCUT2D eigenvalue weighted by Crippen LogP contribution is -2.41. The lowest BCUT2D eigenvalue weighted by molar-refractivity contribution is -0.165. The molecule has 1 rings (SSSR count). The first-order chi connectivity index (χ1) is 10.0. The first-order valence-electron chi connectivity index (χ1n) is 8.36. The molecule has 4 nitrogen and oxygen atoms in total. The zero-order chi connectivity index (χ0) is 15.8. The summed E-state index contributed by atoms with van der Waals surface area (Å²) in [4.78, 5) is 24.8. The molecule has 1 aliphatic rings. The van der Waals surface area contributed by atoms with E-state index in [9.17, 15) is 9.59 Å².